The first-order valence-corrected chi connectivity index (χ1v) is 8.22. The molecule has 0 aromatic rings. The second-order valence-corrected chi connectivity index (χ2v) is 7.24. The van der Waals surface area contributed by atoms with Crippen molar-refractivity contribution >= 4 is 27.9 Å². The van der Waals surface area contributed by atoms with E-state index in [0.29, 0.717) is 6.42 Å². The van der Waals surface area contributed by atoms with Crippen LogP contribution < -0.4 is 4.72 Å². The zero-order valence-electron chi connectivity index (χ0n) is 11.4. The van der Waals surface area contributed by atoms with E-state index in [0.717, 1.165) is 23.6 Å². The first-order valence-electron chi connectivity index (χ1n) is 6.34. The highest BCUT2D eigenvalue weighted by atomic mass is 35.5. The molecule has 0 spiro atoms. The Morgan fingerprint density at radius 3 is 2.47 bits per heavy atom. The van der Waals surface area contributed by atoms with E-state index in [1.165, 1.54) is 7.05 Å². The molecule has 112 valence electrons. The highest BCUT2D eigenvalue weighted by Crippen LogP contribution is 2.27. The van der Waals surface area contributed by atoms with Crippen molar-refractivity contribution in [1.29, 1.82) is 0 Å². The van der Waals surface area contributed by atoms with E-state index < -0.39 is 16.3 Å². The number of hydrogen-bond donors (Lipinski definition) is 1. The second-order valence-electron chi connectivity index (χ2n) is 4.95. The molecule has 0 aliphatic heterocycles. The summed E-state index contributed by atoms with van der Waals surface area (Å²) in [4.78, 5) is 11.4. The first kappa shape index (κ1) is 16.5. The van der Waals surface area contributed by atoms with Crippen molar-refractivity contribution in [3.05, 3.63) is 0 Å². The summed E-state index contributed by atoms with van der Waals surface area (Å²) >= 11 is 6.15. The minimum atomic E-state index is -3.91. The highest BCUT2D eigenvalue weighted by molar-refractivity contribution is 7.87. The molecule has 6 nitrogen and oxygen atoms in total. The monoisotopic (exact) mass is 312 g/mol. The largest absolute Gasteiger partial charge is 0.446 e. The van der Waals surface area contributed by atoms with Gasteiger partial charge >= 0.3 is 16.3 Å². The van der Waals surface area contributed by atoms with Gasteiger partial charge in [-0.05, 0) is 26.7 Å². The van der Waals surface area contributed by atoms with Crippen molar-refractivity contribution in [3.63, 3.8) is 0 Å². The molecule has 0 radical (unpaired) electrons. The van der Waals surface area contributed by atoms with Crippen LogP contribution in [0, 0.1) is 0 Å². The molecular weight excluding hydrogens is 292 g/mol. The smallest absolute Gasteiger partial charge is 0.422 e. The number of halogens is 1. The van der Waals surface area contributed by atoms with Gasteiger partial charge < -0.3 is 4.74 Å². The van der Waals surface area contributed by atoms with Gasteiger partial charge in [-0.2, -0.15) is 12.7 Å². The third-order valence-electron chi connectivity index (χ3n) is 3.05. The van der Waals surface area contributed by atoms with Gasteiger partial charge in [-0.25, -0.2) is 9.52 Å². The Hall–Kier alpha value is -0.530. The molecule has 1 saturated carbocycles. The zero-order chi connectivity index (χ0) is 14.6. The van der Waals surface area contributed by atoms with Crippen molar-refractivity contribution in [2.75, 3.05) is 7.05 Å². The molecule has 1 aliphatic rings. The summed E-state index contributed by atoms with van der Waals surface area (Å²) in [5.74, 6) is 0. The third kappa shape index (κ3) is 4.81. The Balaban J connectivity index is 2.68. The van der Waals surface area contributed by atoms with E-state index >= 15 is 0 Å². The fourth-order valence-electron chi connectivity index (χ4n) is 2.07. The van der Waals surface area contributed by atoms with Crippen LogP contribution in [-0.4, -0.2) is 43.4 Å². The van der Waals surface area contributed by atoms with Crippen LogP contribution >= 0.6 is 11.6 Å². The summed E-state index contributed by atoms with van der Waals surface area (Å²) in [6, 6.07) is -0.292. The molecule has 0 bridgehead atoms. The molecule has 1 aliphatic carbocycles. The number of rotatable bonds is 4. The number of hydrogen-bond acceptors (Lipinski definition) is 4. The molecule has 0 heterocycles. The lowest BCUT2D eigenvalue weighted by molar-refractivity contribution is 0.120. The average Bonchev–Trinajstić information content (AvgIpc) is 2.26. The number of carbonyl (C=O) groups excluding carboxylic acids is 1. The van der Waals surface area contributed by atoms with Crippen LogP contribution in [0.4, 0.5) is 4.79 Å². The van der Waals surface area contributed by atoms with Gasteiger partial charge in [-0.1, -0.05) is 12.8 Å². The van der Waals surface area contributed by atoms with E-state index in [9.17, 15) is 13.2 Å². The van der Waals surface area contributed by atoms with Crippen LogP contribution in [0.25, 0.3) is 0 Å². The Bertz CT molecular complexity index is 413. The lowest BCUT2D eigenvalue weighted by Crippen LogP contribution is -2.50. The maximum absolute atomic E-state index is 12.0. The number of ether oxygens (including phenoxy) is 1. The fourth-order valence-corrected chi connectivity index (χ4v) is 3.60. The van der Waals surface area contributed by atoms with Gasteiger partial charge in [-0.3, -0.25) is 0 Å². The summed E-state index contributed by atoms with van der Waals surface area (Å²) in [6.45, 7) is 3.29. The standard InChI is InChI=1S/C11H21ClN2O4S/c1-8(2)18-11(15)13-19(16,17)14(3)10-7-5-4-6-9(10)12/h8-10H,4-7H2,1-3H3,(H,13,15). The molecule has 0 aromatic heterocycles. The average molecular weight is 313 g/mol. The SMILES string of the molecule is CC(C)OC(=O)NS(=O)(=O)N(C)C1CCCCC1Cl. The summed E-state index contributed by atoms with van der Waals surface area (Å²) in [5, 5.41) is -0.226. The number of amides is 1. The molecule has 1 N–H and O–H groups in total. The van der Waals surface area contributed by atoms with Gasteiger partial charge in [-0.15, -0.1) is 11.6 Å². The maximum Gasteiger partial charge on any atom is 0.422 e. The topological polar surface area (TPSA) is 75.7 Å². The van der Waals surface area contributed by atoms with Gasteiger partial charge in [0.1, 0.15) is 0 Å². The van der Waals surface area contributed by atoms with E-state index in [4.69, 9.17) is 16.3 Å². The van der Waals surface area contributed by atoms with Crippen molar-refractivity contribution < 1.29 is 17.9 Å². The van der Waals surface area contributed by atoms with E-state index in [1.807, 2.05) is 4.72 Å². The molecule has 2 atom stereocenters. The molecule has 2 unspecified atom stereocenters. The van der Waals surface area contributed by atoms with Crippen LogP contribution in [0.1, 0.15) is 39.5 Å². The Morgan fingerprint density at radius 1 is 1.37 bits per heavy atom. The molecule has 0 aromatic carbocycles. The molecule has 8 heteroatoms. The van der Waals surface area contributed by atoms with E-state index in [-0.39, 0.29) is 17.5 Å². The molecule has 1 fully saturated rings. The van der Waals surface area contributed by atoms with Gasteiger partial charge in [0.2, 0.25) is 0 Å². The normalized spacial score (nSPS) is 24.5. The highest BCUT2D eigenvalue weighted by Gasteiger charge is 2.34. The van der Waals surface area contributed by atoms with Crippen molar-refractivity contribution in [1.82, 2.24) is 9.03 Å². The molecular formula is C11H21ClN2O4S. The quantitative estimate of drug-likeness (QED) is 0.804. The van der Waals surface area contributed by atoms with Crippen LogP contribution in [0.15, 0.2) is 0 Å². The van der Waals surface area contributed by atoms with Crippen LogP contribution in [0.2, 0.25) is 0 Å². The minimum Gasteiger partial charge on any atom is -0.446 e. The van der Waals surface area contributed by atoms with Crippen LogP contribution in [0.3, 0.4) is 0 Å². The molecule has 1 rings (SSSR count). The van der Waals surface area contributed by atoms with Crippen molar-refractivity contribution in [3.8, 4) is 0 Å². The third-order valence-corrected chi connectivity index (χ3v) is 5.01. The summed E-state index contributed by atoms with van der Waals surface area (Å²) in [7, 11) is -2.49. The Morgan fingerprint density at radius 2 is 1.95 bits per heavy atom. The van der Waals surface area contributed by atoms with Crippen molar-refractivity contribution in [2.45, 2.75) is 57.1 Å². The number of nitrogens with zero attached hydrogens (tertiary/aromatic N) is 1. The van der Waals surface area contributed by atoms with Gasteiger partial charge in [0.25, 0.3) is 0 Å². The lowest BCUT2D eigenvalue weighted by atomic mass is 9.95. The van der Waals surface area contributed by atoms with Crippen LogP contribution in [-0.2, 0) is 14.9 Å². The zero-order valence-corrected chi connectivity index (χ0v) is 13.0. The van der Waals surface area contributed by atoms with Gasteiger partial charge in [0, 0.05) is 13.1 Å². The lowest BCUT2D eigenvalue weighted by Gasteiger charge is -2.33. The predicted molar refractivity (Wildman–Crippen MR) is 73.3 cm³/mol. The van der Waals surface area contributed by atoms with E-state index in [1.54, 1.807) is 13.8 Å². The number of alkyl halides is 1. The maximum atomic E-state index is 12.0. The predicted octanol–water partition coefficient (Wildman–Crippen LogP) is 1.85. The second kappa shape index (κ2) is 6.76. The van der Waals surface area contributed by atoms with Gasteiger partial charge in [0.05, 0.1) is 11.5 Å². The summed E-state index contributed by atoms with van der Waals surface area (Å²) in [6.07, 6.45) is 2.07. The molecule has 19 heavy (non-hydrogen) atoms. The molecule has 1 amide bonds. The summed E-state index contributed by atoms with van der Waals surface area (Å²) in [5.41, 5.74) is 0. The number of nitrogens with one attached hydrogen (secondary N) is 1. The minimum absolute atomic E-state index is 0.226. The Kier molecular flexibility index (Phi) is 5.88. The first-order chi connectivity index (χ1) is 8.74. The van der Waals surface area contributed by atoms with Crippen LogP contribution in [0.5, 0.6) is 0 Å². The fraction of sp³-hybridized carbons (Fsp3) is 0.909. The Labute approximate surface area is 119 Å². The van der Waals surface area contributed by atoms with Gasteiger partial charge in [0.15, 0.2) is 0 Å². The molecule has 0 saturated heterocycles. The summed E-state index contributed by atoms with van der Waals surface area (Å²) < 4.78 is 31.8. The van der Waals surface area contributed by atoms with Crippen molar-refractivity contribution in [2.24, 2.45) is 0 Å². The van der Waals surface area contributed by atoms with E-state index in [2.05, 4.69) is 0 Å². The number of carbonyl (C=O) groups is 1.